The van der Waals surface area contributed by atoms with E-state index in [1.54, 1.807) is 6.07 Å². The van der Waals surface area contributed by atoms with Crippen LogP contribution in [-0.4, -0.2) is 30.6 Å². The number of likely N-dealkylation sites (N-methyl/N-ethyl adjacent to an activating group) is 1. The van der Waals surface area contributed by atoms with Crippen molar-refractivity contribution < 1.29 is 4.42 Å². The number of benzene rings is 1. The van der Waals surface area contributed by atoms with Crippen LogP contribution >= 0.6 is 11.6 Å². The second kappa shape index (κ2) is 7.29. The summed E-state index contributed by atoms with van der Waals surface area (Å²) in [6, 6.07) is 12.3. The molecule has 0 bridgehead atoms. The highest BCUT2D eigenvalue weighted by molar-refractivity contribution is 6.32. The first-order valence-corrected chi connectivity index (χ1v) is 8.72. The number of aryl methyl sites for hydroxylation is 1. The number of nitriles is 1. The summed E-state index contributed by atoms with van der Waals surface area (Å²) in [5.41, 5.74) is 1.61. The topological polar surface area (TPSA) is 43.4 Å². The third-order valence-electron chi connectivity index (χ3n) is 4.61. The van der Waals surface area contributed by atoms with Gasteiger partial charge in [-0.15, -0.1) is 0 Å². The van der Waals surface area contributed by atoms with Crippen molar-refractivity contribution in [2.45, 2.75) is 32.9 Å². The third kappa shape index (κ3) is 3.58. The van der Waals surface area contributed by atoms with E-state index in [-0.39, 0.29) is 0 Å². The van der Waals surface area contributed by atoms with Gasteiger partial charge in [0.05, 0.1) is 17.1 Å². The number of furan rings is 1. The summed E-state index contributed by atoms with van der Waals surface area (Å²) < 4.78 is 5.69. The van der Waals surface area contributed by atoms with E-state index in [0.29, 0.717) is 16.6 Å². The SMILES string of the molecule is CCN(c1ccc(C#N)c(Cl)c1)[C@H]1CCN(Cc2ccc(C)o2)C1. The molecule has 4 nitrogen and oxygen atoms in total. The molecule has 3 rings (SSSR count). The van der Waals surface area contributed by atoms with E-state index in [2.05, 4.69) is 28.9 Å². The van der Waals surface area contributed by atoms with Gasteiger partial charge in [0.25, 0.3) is 0 Å². The van der Waals surface area contributed by atoms with Gasteiger partial charge in [-0.2, -0.15) is 5.26 Å². The zero-order chi connectivity index (χ0) is 17.1. The van der Waals surface area contributed by atoms with Gasteiger partial charge in [-0.1, -0.05) is 11.6 Å². The lowest BCUT2D eigenvalue weighted by molar-refractivity contribution is 0.290. The fraction of sp³-hybridized carbons (Fsp3) is 0.421. The van der Waals surface area contributed by atoms with Crippen LogP contribution in [-0.2, 0) is 6.54 Å². The number of rotatable bonds is 5. The van der Waals surface area contributed by atoms with Crippen molar-refractivity contribution in [3.63, 3.8) is 0 Å². The average molecular weight is 344 g/mol. The fourth-order valence-corrected chi connectivity index (χ4v) is 3.64. The molecule has 1 aromatic heterocycles. The summed E-state index contributed by atoms with van der Waals surface area (Å²) in [7, 11) is 0. The lowest BCUT2D eigenvalue weighted by Gasteiger charge is -2.30. The first-order valence-electron chi connectivity index (χ1n) is 8.34. The van der Waals surface area contributed by atoms with Crippen molar-refractivity contribution >= 4 is 17.3 Å². The number of hydrogen-bond acceptors (Lipinski definition) is 4. The minimum absolute atomic E-state index is 0.454. The Morgan fingerprint density at radius 3 is 2.83 bits per heavy atom. The Hall–Kier alpha value is -1.96. The molecule has 0 unspecified atom stereocenters. The highest BCUT2D eigenvalue weighted by Gasteiger charge is 2.28. The second-order valence-corrected chi connectivity index (χ2v) is 6.66. The van der Waals surface area contributed by atoms with Crippen molar-refractivity contribution in [2.75, 3.05) is 24.5 Å². The quantitative estimate of drug-likeness (QED) is 0.815. The Balaban J connectivity index is 1.68. The molecule has 0 saturated carbocycles. The van der Waals surface area contributed by atoms with Crippen LogP contribution in [0, 0.1) is 18.3 Å². The maximum Gasteiger partial charge on any atom is 0.118 e. The van der Waals surface area contributed by atoms with Crippen LogP contribution < -0.4 is 4.90 Å². The minimum atomic E-state index is 0.454. The number of likely N-dealkylation sites (tertiary alicyclic amines) is 1. The monoisotopic (exact) mass is 343 g/mol. The van der Waals surface area contributed by atoms with Gasteiger partial charge in [-0.3, -0.25) is 4.90 Å². The Morgan fingerprint density at radius 2 is 2.21 bits per heavy atom. The molecule has 1 saturated heterocycles. The molecular formula is C19H22ClN3O. The van der Waals surface area contributed by atoms with E-state index in [4.69, 9.17) is 21.3 Å². The van der Waals surface area contributed by atoms with Crippen molar-refractivity contribution in [3.05, 3.63) is 52.4 Å². The zero-order valence-corrected chi connectivity index (χ0v) is 14.9. The third-order valence-corrected chi connectivity index (χ3v) is 4.92. The molecular weight excluding hydrogens is 322 g/mol. The Morgan fingerprint density at radius 1 is 1.38 bits per heavy atom. The molecule has 0 aliphatic carbocycles. The van der Waals surface area contributed by atoms with Crippen molar-refractivity contribution in [1.82, 2.24) is 4.90 Å². The summed E-state index contributed by atoms with van der Waals surface area (Å²) in [6.07, 6.45) is 1.12. The lowest BCUT2D eigenvalue weighted by Crippen LogP contribution is -2.37. The van der Waals surface area contributed by atoms with Crippen LogP contribution in [0.4, 0.5) is 5.69 Å². The molecule has 5 heteroatoms. The van der Waals surface area contributed by atoms with Crippen LogP contribution in [0.3, 0.4) is 0 Å². The maximum atomic E-state index is 9.03. The number of anilines is 1. The van der Waals surface area contributed by atoms with E-state index in [1.165, 1.54) is 0 Å². The molecule has 0 amide bonds. The Bertz CT molecular complexity index is 749. The van der Waals surface area contributed by atoms with Gasteiger partial charge < -0.3 is 9.32 Å². The molecule has 2 heterocycles. The minimum Gasteiger partial charge on any atom is -0.465 e. The van der Waals surface area contributed by atoms with E-state index < -0.39 is 0 Å². The highest BCUT2D eigenvalue weighted by atomic mass is 35.5. The summed E-state index contributed by atoms with van der Waals surface area (Å²) in [6.45, 7) is 7.97. The lowest BCUT2D eigenvalue weighted by atomic mass is 10.1. The van der Waals surface area contributed by atoms with Crippen molar-refractivity contribution in [2.24, 2.45) is 0 Å². The van der Waals surface area contributed by atoms with Gasteiger partial charge >= 0.3 is 0 Å². The Labute approximate surface area is 148 Å². The van der Waals surface area contributed by atoms with Gasteiger partial charge in [-0.05, 0) is 50.6 Å². The molecule has 1 aliphatic rings. The average Bonchev–Trinajstić information content (AvgIpc) is 3.18. The molecule has 1 aromatic carbocycles. The van der Waals surface area contributed by atoms with E-state index >= 15 is 0 Å². The van der Waals surface area contributed by atoms with E-state index in [9.17, 15) is 0 Å². The van der Waals surface area contributed by atoms with E-state index in [1.807, 2.05) is 25.1 Å². The number of hydrogen-bond donors (Lipinski definition) is 0. The van der Waals surface area contributed by atoms with Crippen LogP contribution in [0.15, 0.2) is 34.7 Å². The Kier molecular flexibility index (Phi) is 5.13. The van der Waals surface area contributed by atoms with Gasteiger partial charge in [0.15, 0.2) is 0 Å². The smallest absolute Gasteiger partial charge is 0.118 e. The van der Waals surface area contributed by atoms with Crippen LogP contribution in [0.1, 0.15) is 30.4 Å². The largest absolute Gasteiger partial charge is 0.465 e. The molecule has 0 radical (unpaired) electrons. The molecule has 1 aliphatic heterocycles. The fourth-order valence-electron chi connectivity index (χ4n) is 3.43. The van der Waals surface area contributed by atoms with Crippen LogP contribution in [0.2, 0.25) is 5.02 Å². The molecule has 0 N–H and O–H groups in total. The van der Waals surface area contributed by atoms with Gasteiger partial charge in [0.2, 0.25) is 0 Å². The number of nitrogens with zero attached hydrogens (tertiary/aromatic N) is 3. The van der Waals surface area contributed by atoms with Gasteiger partial charge in [-0.25, -0.2) is 0 Å². The summed E-state index contributed by atoms with van der Waals surface area (Å²) >= 11 is 6.20. The molecule has 2 aromatic rings. The summed E-state index contributed by atoms with van der Waals surface area (Å²) in [5.74, 6) is 1.99. The second-order valence-electron chi connectivity index (χ2n) is 6.25. The van der Waals surface area contributed by atoms with Crippen molar-refractivity contribution in [3.8, 4) is 6.07 Å². The van der Waals surface area contributed by atoms with Crippen LogP contribution in [0.25, 0.3) is 0 Å². The number of halogens is 1. The normalized spacial score (nSPS) is 17.8. The maximum absolute atomic E-state index is 9.03. The molecule has 1 atom stereocenters. The molecule has 24 heavy (non-hydrogen) atoms. The zero-order valence-electron chi connectivity index (χ0n) is 14.1. The van der Waals surface area contributed by atoms with Gasteiger partial charge in [0.1, 0.15) is 17.6 Å². The van der Waals surface area contributed by atoms with Gasteiger partial charge in [0, 0.05) is 31.4 Å². The standard InChI is InChI=1S/C19H22ClN3O/c1-3-23(16-6-5-15(11-21)19(20)10-16)17-8-9-22(12-17)13-18-7-4-14(2)24-18/h4-7,10,17H,3,8-9,12-13H2,1-2H3/t17-/m0/s1. The predicted octanol–water partition coefficient (Wildman–Crippen LogP) is 4.21. The first kappa shape index (κ1) is 16.9. The molecule has 126 valence electrons. The molecule has 1 fully saturated rings. The highest BCUT2D eigenvalue weighted by Crippen LogP contribution is 2.28. The summed E-state index contributed by atoms with van der Waals surface area (Å²) in [5, 5.41) is 9.55. The van der Waals surface area contributed by atoms with E-state index in [0.717, 1.165) is 49.8 Å². The molecule has 0 spiro atoms. The predicted molar refractivity (Wildman–Crippen MR) is 96.3 cm³/mol. The summed E-state index contributed by atoms with van der Waals surface area (Å²) in [4.78, 5) is 4.80. The first-order chi connectivity index (χ1) is 11.6. The van der Waals surface area contributed by atoms with Crippen LogP contribution in [0.5, 0.6) is 0 Å². The van der Waals surface area contributed by atoms with Crippen molar-refractivity contribution in [1.29, 1.82) is 5.26 Å².